The summed E-state index contributed by atoms with van der Waals surface area (Å²) in [7, 11) is 0. The highest BCUT2D eigenvalue weighted by atomic mass is 32.1. The van der Waals surface area contributed by atoms with Crippen LogP contribution in [0.2, 0.25) is 0 Å². The highest BCUT2D eigenvalue weighted by Crippen LogP contribution is 2.38. The maximum absolute atomic E-state index is 13.7. The zero-order chi connectivity index (χ0) is 21.4. The van der Waals surface area contributed by atoms with Crippen LogP contribution in [-0.4, -0.2) is 35.0 Å². The van der Waals surface area contributed by atoms with Gasteiger partial charge in [-0.05, 0) is 43.9 Å². The van der Waals surface area contributed by atoms with Gasteiger partial charge in [-0.25, -0.2) is 18.0 Å². The second-order valence-electron chi connectivity index (χ2n) is 5.95. The van der Waals surface area contributed by atoms with Crippen molar-refractivity contribution >= 4 is 29.6 Å². The predicted octanol–water partition coefficient (Wildman–Crippen LogP) is 4.21. The van der Waals surface area contributed by atoms with E-state index in [1.807, 2.05) is 0 Å². The van der Waals surface area contributed by atoms with E-state index < -0.39 is 23.5 Å². The van der Waals surface area contributed by atoms with Crippen LogP contribution in [-0.2, 0) is 9.47 Å². The standard InChI is InChI=1S/C17H18F3N3O3.CH3NS/c1-2-25-17(24)21-16-13(9-7-10(18)14(20)11(19)8-9)15(22-23-16)12-5-3-4-6-26-12;2-1-3/h7-8,12H,2-6H2,1H3,(H2,21,22,23,24);1H,(H2,2,3). The molecule has 0 radical (unpaired) electrons. The Morgan fingerprint density at radius 3 is 2.62 bits per heavy atom. The highest BCUT2D eigenvalue weighted by Gasteiger charge is 2.27. The van der Waals surface area contributed by atoms with Gasteiger partial charge in [0.15, 0.2) is 23.3 Å². The number of aromatic amines is 1. The number of nitrogens with one attached hydrogen (secondary N) is 2. The van der Waals surface area contributed by atoms with Crippen molar-refractivity contribution in [2.45, 2.75) is 32.3 Å². The van der Waals surface area contributed by atoms with Crippen LogP contribution in [0.1, 0.15) is 38.0 Å². The van der Waals surface area contributed by atoms with Crippen molar-refractivity contribution in [2.24, 2.45) is 5.73 Å². The summed E-state index contributed by atoms with van der Waals surface area (Å²) in [5.41, 5.74) is 6.35. The third kappa shape index (κ3) is 5.67. The third-order valence-electron chi connectivity index (χ3n) is 4.06. The van der Waals surface area contributed by atoms with Gasteiger partial charge in [-0.3, -0.25) is 10.4 Å². The van der Waals surface area contributed by atoms with Crippen molar-refractivity contribution in [3.05, 3.63) is 35.3 Å². The Balaban J connectivity index is 0.000000941. The van der Waals surface area contributed by atoms with Gasteiger partial charge in [0.2, 0.25) is 0 Å². The van der Waals surface area contributed by atoms with Crippen molar-refractivity contribution < 1.29 is 27.4 Å². The number of ether oxygens (including phenoxy) is 2. The van der Waals surface area contributed by atoms with Crippen LogP contribution in [0.5, 0.6) is 0 Å². The van der Waals surface area contributed by atoms with Crippen LogP contribution in [0.15, 0.2) is 12.1 Å². The summed E-state index contributed by atoms with van der Waals surface area (Å²) in [4.78, 5) is 11.7. The fraction of sp³-hybridized carbons (Fsp3) is 0.389. The zero-order valence-corrected chi connectivity index (χ0v) is 16.5. The van der Waals surface area contributed by atoms with E-state index in [0.717, 1.165) is 30.5 Å². The second-order valence-corrected chi connectivity index (χ2v) is 6.22. The number of amides is 1. The molecular formula is C18H21F3N4O3S. The molecule has 1 unspecified atom stereocenters. The first kappa shape index (κ1) is 22.6. The summed E-state index contributed by atoms with van der Waals surface area (Å²) in [5.74, 6) is -4.21. The molecule has 0 aliphatic carbocycles. The molecule has 1 aliphatic heterocycles. The highest BCUT2D eigenvalue weighted by molar-refractivity contribution is 7.78. The number of nitrogens with zero attached hydrogens (tertiary/aromatic N) is 1. The maximum Gasteiger partial charge on any atom is 0.412 e. The number of aromatic nitrogens is 2. The van der Waals surface area contributed by atoms with Gasteiger partial charge in [0, 0.05) is 6.61 Å². The van der Waals surface area contributed by atoms with E-state index in [2.05, 4.69) is 33.5 Å². The number of halogens is 3. The Bertz CT molecular complexity index is 834. The van der Waals surface area contributed by atoms with Crippen LogP contribution in [0.3, 0.4) is 0 Å². The number of anilines is 1. The molecule has 158 valence electrons. The number of carbonyl (C=O) groups is 1. The van der Waals surface area contributed by atoms with Gasteiger partial charge in [-0.1, -0.05) is 12.2 Å². The molecule has 0 saturated carbocycles. The van der Waals surface area contributed by atoms with Crippen molar-refractivity contribution in [3.8, 4) is 11.1 Å². The average Bonchev–Trinajstić information content (AvgIpc) is 3.10. The van der Waals surface area contributed by atoms with Crippen molar-refractivity contribution in [1.29, 1.82) is 0 Å². The molecule has 29 heavy (non-hydrogen) atoms. The lowest BCUT2D eigenvalue weighted by molar-refractivity contribution is 0.0126. The van der Waals surface area contributed by atoms with E-state index in [9.17, 15) is 18.0 Å². The quantitative estimate of drug-likeness (QED) is 0.496. The minimum atomic E-state index is -1.56. The Hall–Kier alpha value is -2.66. The van der Waals surface area contributed by atoms with Crippen LogP contribution < -0.4 is 11.1 Å². The number of thiocarbonyl (C=S) groups is 1. The second kappa shape index (κ2) is 10.8. The lowest BCUT2D eigenvalue weighted by atomic mass is 9.98. The first-order chi connectivity index (χ1) is 13.9. The fourth-order valence-electron chi connectivity index (χ4n) is 2.90. The topological polar surface area (TPSA) is 102 Å². The molecule has 1 saturated heterocycles. The number of nitrogens with two attached hydrogens (primary N) is 1. The molecule has 3 rings (SSSR count). The number of carbonyl (C=O) groups excluding carboxylic acids is 1. The Morgan fingerprint density at radius 2 is 2.07 bits per heavy atom. The van der Waals surface area contributed by atoms with Crippen LogP contribution in [0.4, 0.5) is 23.8 Å². The summed E-state index contributed by atoms with van der Waals surface area (Å²) >= 11 is 4.05. The van der Waals surface area contributed by atoms with Crippen LogP contribution in [0.25, 0.3) is 11.1 Å². The van der Waals surface area contributed by atoms with Crippen LogP contribution >= 0.6 is 12.2 Å². The molecule has 0 spiro atoms. The maximum atomic E-state index is 13.7. The van der Waals surface area contributed by atoms with E-state index in [1.165, 1.54) is 0 Å². The Morgan fingerprint density at radius 1 is 1.41 bits per heavy atom. The zero-order valence-electron chi connectivity index (χ0n) is 15.6. The molecule has 2 heterocycles. The minimum Gasteiger partial charge on any atom is -0.450 e. The number of hydrogen-bond acceptors (Lipinski definition) is 5. The summed E-state index contributed by atoms with van der Waals surface area (Å²) in [6.45, 7) is 2.32. The summed E-state index contributed by atoms with van der Waals surface area (Å²) in [6, 6.07) is 1.71. The number of rotatable bonds is 4. The van der Waals surface area contributed by atoms with Gasteiger partial charge in [0.25, 0.3) is 0 Å². The number of benzene rings is 1. The van der Waals surface area contributed by atoms with E-state index in [1.54, 1.807) is 6.92 Å². The van der Waals surface area contributed by atoms with Gasteiger partial charge in [0.05, 0.1) is 29.5 Å². The van der Waals surface area contributed by atoms with E-state index in [0.29, 0.717) is 18.7 Å². The number of H-pyrrole nitrogens is 1. The molecule has 1 aromatic carbocycles. The molecule has 11 heteroatoms. The predicted molar refractivity (Wildman–Crippen MR) is 105 cm³/mol. The van der Waals surface area contributed by atoms with Crippen molar-refractivity contribution in [3.63, 3.8) is 0 Å². The van der Waals surface area contributed by atoms with Gasteiger partial charge < -0.3 is 15.2 Å². The molecule has 0 bridgehead atoms. The Kier molecular flexibility index (Phi) is 8.40. The normalized spacial score (nSPS) is 15.8. The molecular weight excluding hydrogens is 409 g/mol. The van der Waals surface area contributed by atoms with Crippen molar-refractivity contribution in [2.75, 3.05) is 18.5 Å². The monoisotopic (exact) mass is 430 g/mol. The van der Waals surface area contributed by atoms with E-state index in [-0.39, 0.29) is 29.7 Å². The summed E-state index contributed by atoms with van der Waals surface area (Å²) in [6.07, 6.45) is 1.36. The SMILES string of the molecule is CCOC(=O)Nc1n[nH]c(C2CCCCO2)c1-c1cc(F)c(F)c(F)c1.NC=S. The number of hydrogen-bond donors (Lipinski definition) is 3. The van der Waals surface area contributed by atoms with Crippen LogP contribution in [0, 0.1) is 17.5 Å². The van der Waals surface area contributed by atoms with Gasteiger partial charge in [-0.2, -0.15) is 5.10 Å². The molecule has 2 aromatic rings. The van der Waals surface area contributed by atoms with Crippen molar-refractivity contribution in [1.82, 2.24) is 10.2 Å². The first-order valence-electron chi connectivity index (χ1n) is 8.86. The summed E-state index contributed by atoms with van der Waals surface area (Å²) < 4.78 is 51.3. The molecule has 1 aromatic heterocycles. The molecule has 1 aliphatic rings. The van der Waals surface area contributed by atoms with E-state index >= 15 is 0 Å². The lowest BCUT2D eigenvalue weighted by Gasteiger charge is -2.22. The molecule has 4 N–H and O–H groups in total. The molecule has 1 atom stereocenters. The fourth-order valence-corrected chi connectivity index (χ4v) is 2.90. The third-order valence-corrected chi connectivity index (χ3v) is 4.06. The largest absolute Gasteiger partial charge is 0.450 e. The molecule has 7 nitrogen and oxygen atoms in total. The lowest BCUT2D eigenvalue weighted by Crippen LogP contribution is -2.15. The van der Waals surface area contributed by atoms with E-state index in [4.69, 9.17) is 9.47 Å². The van der Waals surface area contributed by atoms with Gasteiger partial charge in [-0.15, -0.1) is 0 Å². The molecule has 1 fully saturated rings. The minimum absolute atomic E-state index is 0.0260. The first-order valence-corrected chi connectivity index (χ1v) is 9.33. The van der Waals surface area contributed by atoms with Gasteiger partial charge in [0.1, 0.15) is 0 Å². The summed E-state index contributed by atoms with van der Waals surface area (Å²) in [5, 5.41) is 9.20. The Labute approximate surface area is 170 Å². The van der Waals surface area contributed by atoms with Gasteiger partial charge >= 0.3 is 6.09 Å². The molecule has 1 amide bonds. The average molecular weight is 430 g/mol. The smallest absolute Gasteiger partial charge is 0.412 e.